The Bertz CT molecular complexity index is 984. The molecule has 178 valence electrons. The van der Waals surface area contributed by atoms with Crippen LogP contribution in [0.4, 0.5) is 18.9 Å². The van der Waals surface area contributed by atoms with Crippen molar-refractivity contribution in [2.24, 2.45) is 10.7 Å². The fourth-order valence-electron chi connectivity index (χ4n) is 3.02. The molecule has 0 aliphatic carbocycles. The Kier molecular flexibility index (Phi) is 9.94. The Morgan fingerprint density at radius 3 is 2.27 bits per heavy atom. The first-order valence-corrected chi connectivity index (χ1v) is 11.0. The summed E-state index contributed by atoms with van der Waals surface area (Å²) in [6, 6.07) is 12.7. The molecule has 3 N–H and O–H groups in total. The maximum absolute atomic E-state index is 13.0. The van der Waals surface area contributed by atoms with Gasteiger partial charge < -0.3 is 16.0 Å². The second kappa shape index (κ2) is 12.4. The summed E-state index contributed by atoms with van der Waals surface area (Å²) in [6.07, 6.45) is -3.13. The zero-order valence-electron chi connectivity index (χ0n) is 18.6. The van der Waals surface area contributed by atoms with Crippen molar-refractivity contribution in [2.75, 3.05) is 26.2 Å². The Morgan fingerprint density at radius 1 is 1.09 bits per heavy atom. The quantitative estimate of drug-likeness (QED) is 0.357. The van der Waals surface area contributed by atoms with Crippen LogP contribution < -0.4 is 11.1 Å². The van der Waals surface area contributed by atoms with Crippen LogP contribution in [0.15, 0.2) is 65.3 Å². The van der Waals surface area contributed by atoms with Crippen LogP contribution in [0.25, 0.3) is 0 Å². The summed E-state index contributed by atoms with van der Waals surface area (Å²) < 4.78 is 39.1. The van der Waals surface area contributed by atoms with E-state index >= 15 is 0 Å². The number of rotatable bonds is 10. The average molecular weight is 481 g/mol. The van der Waals surface area contributed by atoms with E-state index < -0.39 is 11.9 Å². The fraction of sp³-hybridized carbons (Fsp3) is 0.333. The summed E-state index contributed by atoms with van der Waals surface area (Å²) in [4.78, 5) is 18.9. The Hall–Kier alpha value is -2.84. The van der Waals surface area contributed by atoms with Crippen molar-refractivity contribution < 1.29 is 18.0 Å². The number of alkyl halides is 3. The van der Waals surface area contributed by atoms with E-state index in [2.05, 4.69) is 29.1 Å². The molecule has 2 aromatic rings. The molecule has 2 rings (SSSR count). The molecular weight excluding hydrogens is 453 g/mol. The number of nitrogens with two attached hydrogens (primary N) is 1. The highest BCUT2D eigenvalue weighted by Gasteiger charge is 2.31. The third-order valence-corrected chi connectivity index (χ3v) is 5.31. The van der Waals surface area contributed by atoms with Crippen molar-refractivity contribution in [3.05, 3.63) is 76.5 Å². The number of hydrogen-bond donors (Lipinski definition) is 2. The van der Waals surface area contributed by atoms with Crippen molar-refractivity contribution in [2.45, 2.75) is 26.4 Å². The fourth-order valence-corrected chi connectivity index (χ4v) is 3.20. The summed E-state index contributed by atoms with van der Waals surface area (Å²) in [5.74, 6) is -0.254. The molecule has 0 unspecified atom stereocenters. The Balaban J connectivity index is 2.20. The number of aliphatic imine (C=N–C) groups is 1. The zero-order valence-corrected chi connectivity index (χ0v) is 19.4. The predicted molar refractivity (Wildman–Crippen MR) is 127 cm³/mol. The summed E-state index contributed by atoms with van der Waals surface area (Å²) in [7, 11) is 0. The first kappa shape index (κ1) is 26.4. The topological polar surface area (TPSA) is 70.7 Å². The molecule has 2 aromatic carbocycles. The summed E-state index contributed by atoms with van der Waals surface area (Å²) in [6.45, 7) is 7.51. The van der Waals surface area contributed by atoms with Gasteiger partial charge in [0.25, 0.3) is 5.91 Å². The molecule has 9 heteroatoms. The van der Waals surface area contributed by atoms with Crippen LogP contribution in [0.3, 0.4) is 0 Å². The van der Waals surface area contributed by atoms with Gasteiger partial charge >= 0.3 is 6.18 Å². The molecule has 0 aliphatic heterocycles. The first-order chi connectivity index (χ1) is 15.7. The maximum Gasteiger partial charge on any atom is 0.430 e. The van der Waals surface area contributed by atoms with Gasteiger partial charge in [0.1, 0.15) is 5.70 Å². The van der Waals surface area contributed by atoms with Crippen molar-refractivity contribution in [1.29, 1.82) is 0 Å². The van der Waals surface area contributed by atoms with Crippen LogP contribution in [0.5, 0.6) is 0 Å². The van der Waals surface area contributed by atoms with Gasteiger partial charge in [0.2, 0.25) is 0 Å². The Morgan fingerprint density at radius 2 is 1.70 bits per heavy atom. The number of carbonyl (C=O) groups is 1. The second-order valence-electron chi connectivity index (χ2n) is 7.26. The first-order valence-electron chi connectivity index (χ1n) is 10.6. The standard InChI is InChI=1S/C24H28ClF3N4O/c1-3-32(4-2)15-7-14-30-23(33)18-12-10-17(11-13-18)21(16-22(29)24(26,27)28)31-20-9-6-5-8-19(20)25/h5-6,8-13,16H,3-4,7,14-15,29H2,1-2H3,(H,30,33)/b22-16-,31-21?. The average Bonchev–Trinajstić information content (AvgIpc) is 2.79. The number of para-hydroxylation sites is 1. The minimum atomic E-state index is -4.70. The molecule has 0 radical (unpaired) electrons. The molecule has 0 heterocycles. The SMILES string of the molecule is CCN(CC)CCCNC(=O)c1ccc(C(/C=C(\N)C(F)(F)F)=Nc2ccccc2Cl)cc1. The van der Waals surface area contributed by atoms with Gasteiger partial charge in [-0.2, -0.15) is 13.2 Å². The predicted octanol–water partition coefficient (Wildman–Crippen LogP) is 5.33. The molecule has 0 aromatic heterocycles. The van der Waals surface area contributed by atoms with Gasteiger partial charge in [0, 0.05) is 17.7 Å². The third kappa shape index (κ3) is 8.22. The van der Waals surface area contributed by atoms with Gasteiger partial charge in [-0.3, -0.25) is 4.79 Å². The van der Waals surface area contributed by atoms with Gasteiger partial charge in [-0.25, -0.2) is 4.99 Å². The molecule has 0 saturated carbocycles. The molecule has 0 saturated heterocycles. The van der Waals surface area contributed by atoms with Crippen molar-refractivity contribution in [3.63, 3.8) is 0 Å². The lowest BCUT2D eigenvalue weighted by molar-refractivity contribution is -0.0925. The highest BCUT2D eigenvalue weighted by Crippen LogP contribution is 2.27. The van der Waals surface area contributed by atoms with E-state index in [0.29, 0.717) is 23.4 Å². The minimum absolute atomic E-state index is 0.0240. The largest absolute Gasteiger partial charge is 0.430 e. The van der Waals surface area contributed by atoms with Gasteiger partial charge in [-0.05, 0) is 56.4 Å². The molecule has 1 amide bonds. The van der Waals surface area contributed by atoms with Crippen LogP contribution in [0.2, 0.25) is 5.02 Å². The smallest absolute Gasteiger partial charge is 0.395 e. The lowest BCUT2D eigenvalue weighted by Gasteiger charge is -2.17. The van der Waals surface area contributed by atoms with Gasteiger partial charge in [-0.1, -0.05) is 49.7 Å². The number of benzene rings is 2. The number of nitrogens with one attached hydrogen (secondary N) is 1. The van der Waals surface area contributed by atoms with E-state index in [1.165, 1.54) is 24.3 Å². The summed E-state index contributed by atoms with van der Waals surface area (Å²) in [5, 5.41) is 3.14. The van der Waals surface area contributed by atoms with E-state index in [9.17, 15) is 18.0 Å². The number of carbonyl (C=O) groups excluding carboxylic acids is 1. The van der Waals surface area contributed by atoms with Crippen molar-refractivity contribution >= 4 is 28.9 Å². The van der Waals surface area contributed by atoms with E-state index in [4.69, 9.17) is 17.3 Å². The number of halogens is 4. The number of hydrogen-bond acceptors (Lipinski definition) is 4. The molecule has 33 heavy (non-hydrogen) atoms. The highest BCUT2D eigenvalue weighted by atomic mass is 35.5. The van der Waals surface area contributed by atoms with E-state index in [0.717, 1.165) is 32.1 Å². The van der Waals surface area contributed by atoms with Gasteiger partial charge in [-0.15, -0.1) is 0 Å². The van der Waals surface area contributed by atoms with Crippen molar-refractivity contribution in [3.8, 4) is 0 Å². The maximum atomic E-state index is 13.0. The van der Waals surface area contributed by atoms with Gasteiger partial charge in [0.15, 0.2) is 0 Å². The molecule has 0 fully saturated rings. The van der Waals surface area contributed by atoms with Crippen LogP contribution in [-0.4, -0.2) is 48.9 Å². The number of allylic oxidation sites excluding steroid dienone is 2. The van der Waals surface area contributed by atoms with E-state index in [-0.39, 0.29) is 16.6 Å². The van der Waals surface area contributed by atoms with Crippen LogP contribution in [-0.2, 0) is 0 Å². The Labute approximate surface area is 197 Å². The lowest BCUT2D eigenvalue weighted by atomic mass is 10.1. The number of nitrogens with zero attached hydrogens (tertiary/aromatic N) is 2. The van der Waals surface area contributed by atoms with E-state index in [1.807, 2.05) is 0 Å². The second-order valence-corrected chi connectivity index (χ2v) is 7.67. The number of amides is 1. The minimum Gasteiger partial charge on any atom is -0.395 e. The van der Waals surface area contributed by atoms with Crippen molar-refractivity contribution in [1.82, 2.24) is 10.2 Å². The molecule has 5 nitrogen and oxygen atoms in total. The summed E-state index contributed by atoms with van der Waals surface area (Å²) >= 11 is 6.11. The molecule has 0 bridgehead atoms. The molecule has 0 atom stereocenters. The lowest BCUT2D eigenvalue weighted by Crippen LogP contribution is -2.29. The normalized spacial score (nSPS) is 12.8. The van der Waals surface area contributed by atoms with Gasteiger partial charge in [0.05, 0.1) is 16.4 Å². The summed E-state index contributed by atoms with van der Waals surface area (Å²) in [5.41, 5.74) is 4.97. The molecule has 0 aliphatic rings. The molecular formula is C24H28ClF3N4O. The van der Waals surface area contributed by atoms with E-state index in [1.54, 1.807) is 24.3 Å². The zero-order chi connectivity index (χ0) is 24.4. The monoisotopic (exact) mass is 480 g/mol. The third-order valence-electron chi connectivity index (χ3n) is 4.99. The van der Waals surface area contributed by atoms with Crippen LogP contribution in [0.1, 0.15) is 36.2 Å². The molecule has 0 spiro atoms. The van der Waals surface area contributed by atoms with Crippen LogP contribution in [0, 0.1) is 0 Å². The highest BCUT2D eigenvalue weighted by molar-refractivity contribution is 6.33. The van der Waals surface area contributed by atoms with Crippen LogP contribution >= 0.6 is 11.6 Å².